The van der Waals surface area contributed by atoms with E-state index in [1.807, 2.05) is 10.3 Å². The molecule has 0 saturated carbocycles. The third-order valence-corrected chi connectivity index (χ3v) is 2.84. The summed E-state index contributed by atoms with van der Waals surface area (Å²) in [6, 6.07) is 0. The minimum atomic E-state index is -3.38. The number of amides is 1. The third kappa shape index (κ3) is 4.40. The van der Waals surface area contributed by atoms with Gasteiger partial charge in [0, 0.05) is 0 Å². The molecule has 2 N–H and O–H groups in total. The molecule has 0 aliphatic heterocycles. The molecular weight excluding hydrogens is 200 g/mol. The summed E-state index contributed by atoms with van der Waals surface area (Å²) >= 11 is 0. The molecule has 0 spiro atoms. The fraction of sp³-hybridized carbons (Fsp3) is 0.600. The summed E-state index contributed by atoms with van der Waals surface area (Å²) < 4.78 is 21.5. The zero-order valence-electron chi connectivity index (χ0n) is 6.83. The Hall–Kier alpha value is -0.490. The van der Waals surface area contributed by atoms with Gasteiger partial charge in [-0.05, 0) is 6.92 Å². The first-order chi connectivity index (χ1) is 5.39. The maximum Gasteiger partial charge on any atom is 0.228 e. The first-order valence-corrected chi connectivity index (χ1v) is 6.43. The fourth-order valence-corrected chi connectivity index (χ4v) is 0.941. The highest BCUT2D eigenvalue weighted by Crippen LogP contribution is 1.80. The number of hydrogen-bond acceptors (Lipinski definition) is 4. The molecule has 7 heteroatoms. The lowest BCUT2D eigenvalue weighted by Crippen LogP contribution is -2.42. The number of nitrogens with one attached hydrogen (secondary N) is 2. The van der Waals surface area contributed by atoms with Gasteiger partial charge in [0.25, 0.3) is 0 Å². The Morgan fingerprint density at radius 2 is 2.08 bits per heavy atom. The van der Waals surface area contributed by atoms with E-state index < -0.39 is 25.6 Å². The Morgan fingerprint density at radius 1 is 1.58 bits per heavy atom. The van der Waals surface area contributed by atoms with E-state index in [0.717, 1.165) is 0 Å². The molecule has 1 amide bonds. The van der Waals surface area contributed by atoms with E-state index in [1.165, 1.54) is 13.2 Å². The zero-order valence-corrected chi connectivity index (χ0v) is 8.46. The monoisotopic (exact) mass is 211 g/mol. The van der Waals surface area contributed by atoms with Gasteiger partial charge in [-0.25, -0.2) is 8.42 Å². The molecule has 0 aliphatic rings. The Bertz CT molecular complexity index is 324. The topological polar surface area (TPSA) is 75.3 Å². The van der Waals surface area contributed by atoms with Gasteiger partial charge in [0.2, 0.25) is 10.0 Å². The van der Waals surface area contributed by atoms with Gasteiger partial charge in [-0.2, -0.15) is 0 Å². The van der Waals surface area contributed by atoms with E-state index >= 15 is 0 Å². The van der Waals surface area contributed by atoms with Gasteiger partial charge in [-0.3, -0.25) is 5.43 Å². The van der Waals surface area contributed by atoms with Crippen molar-refractivity contribution in [1.29, 1.82) is 0 Å². The minimum absolute atomic E-state index is 0.0880. The van der Waals surface area contributed by atoms with Crippen LogP contribution in [0.25, 0.3) is 0 Å². The van der Waals surface area contributed by atoms with Crippen LogP contribution in [0.5, 0.6) is 0 Å². The van der Waals surface area contributed by atoms with Crippen LogP contribution in [0.4, 0.5) is 4.79 Å². The summed E-state index contributed by atoms with van der Waals surface area (Å²) in [4.78, 5) is 12.6. The molecule has 0 radical (unpaired) electrons. The molecule has 0 rings (SSSR count). The van der Waals surface area contributed by atoms with Crippen molar-refractivity contribution in [3.8, 4) is 5.69 Å². The number of hydrogen-bond donors (Lipinski definition) is 2. The minimum Gasteiger partial charge on any atom is -0.376 e. The van der Waals surface area contributed by atoms with Gasteiger partial charge in [0.15, 0.2) is 0 Å². The Kier molecular flexibility index (Phi) is 4.33. The highest BCUT2D eigenvalue weighted by molar-refractivity contribution is 8.00. The van der Waals surface area contributed by atoms with Gasteiger partial charge < -0.3 is 20.8 Å². The molecule has 0 bridgehead atoms. The number of hydrazine groups is 1. The second-order valence-electron chi connectivity index (χ2n) is 1.98. The maximum atomic E-state index is 10.8. The van der Waals surface area contributed by atoms with E-state index in [-0.39, 0.29) is 5.75 Å². The van der Waals surface area contributed by atoms with Crippen molar-refractivity contribution in [2.45, 2.75) is 6.92 Å². The summed E-state index contributed by atoms with van der Waals surface area (Å²) in [6.45, 7) is 1.46. The van der Waals surface area contributed by atoms with Crippen LogP contribution in [0.3, 0.4) is 0 Å². The number of carbonyl (C=O) groups excluding carboxylic acids is 1. The first kappa shape index (κ1) is 11.5. The van der Waals surface area contributed by atoms with E-state index in [1.54, 1.807) is 0 Å². The van der Waals surface area contributed by atoms with E-state index in [9.17, 15) is 13.2 Å². The van der Waals surface area contributed by atoms with Crippen LogP contribution in [0.15, 0.2) is 0 Å². The van der Waals surface area contributed by atoms with Crippen LogP contribution in [0.1, 0.15) is 6.92 Å². The molecular formula is C5H11N2O3S2-. The normalized spacial score (nSPS) is 11.5. The van der Waals surface area contributed by atoms with Crippen molar-refractivity contribution in [1.82, 2.24) is 10.3 Å². The first-order valence-electron chi connectivity index (χ1n) is 3.09. The van der Waals surface area contributed by atoms with E-state index in [4.69, 9.17) is 5.69 Å². The number of carbonyl (C=O) groups is 1. The summed E-state index contributed by atoms with van der Waals surface area (Å²) in [5.41, 5.74) is 7.17. The molecule has 0 heterocycles. The van der Waals surface area contributed by atoms with Crippen LogP contribution < -0.4 is 10.3 Å². The van der Waals surface area contributed by atoms with Gasteiger partial charge in [0.1, 0.15) is 5.24 Å². The molecule has 0 unspecified atom stereocenters. The van der Waals surface area contributed by atoms with Crippen LogP contribution in [0.2, 0.25) is 0 Å². The van der Waals surface area contributed by atoms with E-state index in [0.29, 0.717) is 0 Å². The van der Waals surface area contributed by atoms with Crippen LogP contribution >= 0.6 is 0 Å². The van der Waals surface area contributed by atoms with Crippen LogP contribution in [0, 0.1) is 5.69 Å². The van der Waals surface area contributed by atoms with Gasteiger partial charge in [-0.15, -0.1) is 11.1 Å². The maximum absolute atomic E-state index is 10.8. The van der Waals surface area contributed by atoms with Gasteiger partial charge in [0.05, 0.1) is 5.75 Å². The molecule has 0 aromatic heterocycles. The molecule has 12 heavy (non-hydrogen) atoms. The third-order valence-electron chi connectivity index (χ3n) is 0.981. The van der Waals surface area contributed by atoms with Crippen molar-refractivity contribution in [2.24, 2.45) is 0 Å². The largest absolute Gasteiger partial charge is 0.376 e. The highest BCUT2D eigenvalue weighted by atomic mass is 32.2. The van der Waals surface area contributed by atoms with Crippen molar-refractivity contribution in [3.63, 3.8) is 0 Å². The second kappa shape index (κ2) is 4.51. The molecule has 72 valence electrons. The molecule has 0 aromatic rings. The smallest absolute Gasteiger partial charge is 0.228 e. The van der Waals surface area contributed by atoms with Crippen molar-refractivity contribution in [2.75, 3.05) is 12.0 Å². The Balaban J connectivity index is 4.05. The summed E-state index contributed by atoms with van der Waals surface area (Å²) in [6.07, 6.45) is 1.48. The SMILES string of the molecule is C#[S-](C)C(=O)NNS(=O)(=O)CC. The van der Waals surface area contributed by atoms with Gasteiger partial charge in [-0.1, -0.05) is 0 Å². The molecule has 0 saturated heterocycles. The second-order valence-corrected chi connectivity index (χ2v) is 5.47. The van der Waals surface area contributed by atoms with Crippen molar-refractivity contribution in [3.05, 3.63) is 0 Å². The Labute approximate surface area is 74.1 Å². The van der Waals surface area contributed by atoms with Crippen molar-refractivity contribution >= 4 is 25.6 Å². The molecule has 0 aromatic carbocycles. The van der Waals surface area contributed by atoms with Crippen LogP contribution in [-0.2, 0) is 20.3 Å². The van der Waals surface area contributed by atoms with Crippen LogP contribution in [-0.4, -0.2) is 25.7 Å². The highest BCUT2D eigenvalue weighted by Gasteiger charge is 2.04. The molecule has 0 aliphatic carbocycles. The molecule has 5 nitrogen and oxygen atoms in total. The lowest BCUT2D eigenvalue weighted by atomic mass is 11.0. The predicted octanol–water partition coefficient (Wildman–Crippen LogP) is -0.613. The number of rotatable bonds is 3. The lowest BCUT2D eigenvalue weighted by molar-refractivity contribution is 0.259. The van der Waals surface area contributed by atoms with E-state index in [2.05, 4.69) is 0 Å². The van der Waals surface area contributed by atoms with Gasteiger partial charge >= 0.3 is 0 Å². The zero-order chi connectivity index (χ0) is 9.78. The van der Waals surface area contributed by atoms with Crippen molar-refractivity contribution < 1.29 is 13.2 Å². The lowest BCUT2D eigenvalue weighted by Gasteiger charge is -2.12. The summed E-state index contributed by atoms with van der Waals surface area (Å²) in [5, 5.41) is -0.535. The standard InChI is InChI=1S/C5H11N2O3S2/c1-4-12(9,10)7-6-5(8)11(2)3/h2,7H,4H2,1,3H3,(H,6,8)/q-1. The summed E-state index contributed by atoms with van der Waals surface area (Å²) in [5.74, 6) is -0.0880. The number of sulfonamides is 1. The average Bonchev–Trinajstić information content (AvgIpc) is 2.00. The summed E-state index contributed by atoms with van der Waals surface area (Å²) in [7, 11) is -4.36. The average molecular weight is 211 g/mol. The predicted molar refractivity (Wildman–Crippen MR) is 49.4 cm³/mol. The molecule has 0 fully saturated rings. The Morgan fingerprint density at radius 3 is 2.42 bits per heavy atom. The fourth-order valence-electron chi connectivity index (χ4n) is 0.272. The molecule has 0 atom stereocenters. The quantitative estimate of drug-likeness (QED) is 0.483.